The highest BCUT2D eigenvalue weighted by atomic mass is 16.4. The van der Waals surface area contributed by atoms with E-state index in [1.807, 2.05) is 53.2 Å². The van der Waals surface area contributed by atoms with E-state index >= 15 is 0 Å². The second-order valence-electron chi connectivity index (χ2n) is 7.79. The minimum Gasteiger partial charge on any atom is -0.481 e. The smallest absolute Gasteiger partial charge is 0.303 e. The first-order chi connectivity index (χ1) is 13.9. The SMILES string of the molecule is CC(C)Cc1ccc(/C=C/C(=O)c2cn(CCCC(=O)O)c3ccccc23)cc1. The molecular weight excluding hydrogens is 362 g/mol. The number of aliphatic carboxylic acids is 1. The Morgan fingerprint density at radius 2 is 1.79 bits per heavy atom. The zero-order valence-corrected chi connectivity index (χ0v) is 17.0. The van der Waals surface area contributed by atoms with Gasteiger partial charge in [0.05, 0.1) is 0 Å². The van der Waals surface area contributed by atoms with Crippen molar-refractivity contribution < 1.29 is 14.7 Å². The fraction of sp³-hybridized carbons (Fsp3) is 0.280. The molecule has 2 aromatic carbocycles. The summed E-state index contributed by atoms with van der Waals surface area (Å²) in [5, 5.41) is 9.76. The third-order valence-corrected chi connectivity index (χ3v) is 4.89. The summed E-state index contributed by atoms with van der Waals surface area (Å²) in [6.07, 6.45) is 6.98. The summed E-state index contributed by atoms with van der Waals surface area (Å²) >= 11 is 0. The summed E-state index contributed by atoms with van der Waals surface area (Å²) in [5.41, 5.74) is 3.89. The Kier molecular flexibility index (Phi) is 6.65. The van der Waals surface area contributed by atoms with Crippen LogP contribution in [-0.4, -0.2) is 21.4 Å². The first-order valence-electron chi connectivity index (χ1n) is 10.0. The average Bonchev–Trinajstić information content (AvgIpc) is 3.05. The van der Waals surface area contributed by atoms with Gasteiger partial charge in [0.1, 0.15) is 0 Å². The third-order valence-electron chi connectivity index (χ3n) is 4.89. The Balaban J connectivity index is 1.78. The first-order valence-corrected chi connectivity index (χ1v) is 10.0. The van der Waals surface area contributed by atoms with Gasteiger partial charge in [-0.1, -0.05) is 62.4 Å². The Labute approximate surface area is 171 Å². The second kappa shape index (κ2) is 9.37. The molecule has 0 saturated heterocycles. The number of nitrogens with zero attached hydrogens (tertiary/aromatic N) is 1. The van der Waals surface area contributed by atoms with Gasteiger partial charge in [-0.15, -0.1) is 0 Å². The van der Waals surface area contributed by atoms with Gasteiger partial charge in [0, 0.05) is 35.6 Å². The highest BCUT2D eigenvalue weighted by molar-refractivity contribution is 6.14. The molecule has 0 bridgehead atoms. The van der Waals surface area contributed by atoms with Crippen molar-refractivity contribution in [2.24, 2.45) is 5.92 Å². The van der Waals surface area contributed by atoms with Crippen LogP contribution in [-0.2, 0) is 17.8 Å². The van der Waals surface area contributed by atoms with E-state index in [-0.39, 0.29) is 12.2 Å². The number of carbonyl (C=O) groups is 2. The summed E-state index contributed by atoms with van der Waals surface area (Å²) < 4.78 is 1.97. The van der Waals surface area contributed by atoms with Crippen molar-refractivity contribution >= 4 is 28.7 Å². The molecule has 3 aromatic rings. The van der Waals surface area contributed by atoms with Crippen LogP contribution in [0, 0.1) is 5.92 Å². The number of allylic oxidation sites excluding steroid dienone is 1. The quantitative estimate of drug-likeness (QED) is 0.383. The number of carbonyl (C=O) groups excluding carboxylic acids is 1. The van der Waals surface area contributed by atoms with Crippen LogP contribution < -0.4 is 0 Å². The predicted octanol–water partition coefficient (Wildman–Crippen LogP) is 5.60. The van der Waals surface area contributed by atoms with Crippen molar-refractivity contribution in [3.63, 3.8) is 0 Å². The van der Waals surface area contributed by atoms with Crippen molar-refractivity contribution in [1.82, 2.24) is 4.57 Å². The van der Waals surface area contributed by atoms with Crippen molar-refractivity contribution in [1.29, 1.82) is 0 Å². The topological polar surface area (TPSA) is 59.3 Å². The molecule has 0 atom stereocenters. The molecule has 0 unspecified atom stereocenters. The molecule has 0 amide bonds. The lowest BCUT2D eigenvalue weighted by Crippen LogP contribution is -2.01. The Morgan fingerprint density at radius 1 is 1.07 bits per heavy atom. The summed E-state index contributed by atoms with van der Waals surface area (Å²) in [6.45, 7) is 4.97. The zero-order chi connectivity index (χ0) is 20.8. The highest BCUT2D eigenvalue weighted by Crippen LogP contribution is 2.23. The number of rotatable bonds is 9. The molecule has 1 aromatic heterocycles. The van der Waals surface area contributed by atoms with Gasteiger partial charge in [0.2, 0.25) is 0 Å². The molecule has 1 heterocycles. The maximum absolute atomic E-state index is 12.8. The van der Waals surface area contributed by atoms with E-state index < -0.39 is 5.97 Å². The molecule has 0 aliphatic carbocycles. The molecule has 4 heteroatoms. The number of fused-ring (bicyclic) bond motifs is 1. The van der Waals surface area contributed by atoms with Gasteiger partial charge in [-0.2, -0.15) is 0 Å². The summed E-state index contributed by atoms with van der Waals surface area (Å²) in [4.78, 5) is 23.6. The maximum Gasteiger partial charge on any atom is 0.303 e. The number of aryl methyl sites for hydroxylation is 1. The molecule has 0 aliphatic heterocycles. The fourth-order valence-corrected chi connectivity index (χ4v) is 3.53. The molecule has 4 nitrogen and oxygen atoms in total. The lowest BCUT2D eigenvalue weighted by molar-refractivity contribution is -0.137. The van der Waals surface area contributed by atoms with Gasteiger partial charge in [-0.05, 0) is 42.0 Å². The molecule has 29 heavy (non-hydrogen) atoms. The number of para-hydroxylation sites is 1. The van der Waals surface area contributed by atoms with Crippen LogP contribution in [0.2, 0.25) is 0 Å². The van der Waals surface area contributed by atoms with E-state index in [9.17, 15) is 9.59 Å². The fourth-order valence-electron chi connectivity index (χ4n) is 3.53. The van der Waals surface area contributed by atoms with E-state index in [1.54, 1.807) is 6.08 Å². The third kappa shape index (κ3) is 5.44. The van der Waals surface area contributed by atoms with Crippen LogP contribution in [0.1, 0.15) is 48.2 Å². The molecule has 0 saturated carbocycles. The van der Waals surface area contributed by atoms with Gasteiger partial charge >= 0.3 is 5.97 Å². The average molecular weight is 389 g/mol. The van der Waals surface area contributed by atoms with Crippen LogP contribution in [0.4, 0.5) is 0 Å². The number of hydrogen-bond acceptors (Lipinski definition) is 2. The van der Waals surface area contributed by atoms with Crippen molar-refractivity contribution in [2.45, 2.75) is 39.7 Å². The molecular formula is C25H27NO3. The molecule has 0 fully saturated rings. The Bertz CT molecular complexity index is 1030. The standard InChI is InChI=1S/C25H27NO3/c1-18(2)16-20-11-9-19(10-12-20)13-14-24(27)22-17-26(15-5-8-25(28)29)23-7-4-3-6-21(22)23/h3-4,6-7,9-14,17-18H,5,8,15-16H2,1-2H3,(H,28,29)/b14-13+. The monoisotopic (exact) mass is 389 g/mol. The molecule has 0 aliphatic rings. The second-order valence-corrected chi connectivity index (χ2v) is 7.79. The molecule has 3 rings (SSSR count). The van der Waals surface area contributed by atoms with Crippen LogP contribution in [0.3, 0.4) is 0 Å². The lowest BCUT2D eigenvalue weighted by atomic mass is 10.0. The molecule has 0 radical (unpaired) electrons. The lowest BCUT2D eigenvalue weighted by Gasteiger charge is -2.04. The van der Waals surface area contributed by atoms with Gasteiger partial charge in [-0.3, -0.25) is 9.59 Å². The van der Waals surface area contributed by atoms with Crippen LogP contribution >= 0.6 is 0 Å². The van der Waals surface area contributed by atoms with Crippen LogP contribution in [0.15, 0.2) is 60.8 Å². The predicted molar refractivity (Wildman–Crippen MR) is 117 cm³/mol. The minimum absolute atomic E-state index is 0.0514. The number of ketones is 1. The van der Waals surface area contributed by atoms with E-state index in [1.165, 1.54) is 5.56 Å². The summed E-state index contributed by atoms with van der Waals surface area (Å²) in [7, 11) is 0. The zero-order valence-electron chi connectivity index (χ0n) is 17.0. The van der Waals surface area contributed by atoms with E-state index in [0.717, 1.165) is 22.9 Å². The molecule has 150 valence electrons. The maximum atomic E-state index is 12.8. The van der Waals surface area contributed by atoms with Crippen molar-refractivity contribution in [3.8, 4) is 0 Å². The van der Waals surface area contributed by atoms with Gasteiger partial charge < -0.3 is 9.67 Å². The summed E-state index contributed by atoms with van der Waals surface area (Å²) in [5.74, 6) is -0.240. The number of hydrogen-bond donors (Lipinski definition) is 1. The number of benzene rings is 2. The minimum atomic E-state index is -0.805. The number of carboxylic acid groups (broad SMARTS) is 1. The van der Waals surface area contributed by atoms with Crippen molar-refractivity contribution in [2.75, 3.05) is 0 Å². The van der Waals surface area contributed by atoms with E-state index in [4.69, 9.17) is 5.11 Å². The Morgan fingerprint density at radius 3 is 2.48 bits per heavy atom. The van der Waals surface area contributed by atoms with Gasteiger partial charge in [-0.25, -0.2) is 0 Å². The normalized spacial score (nSPS) is 11.6. The van der Waals surface area contributed by atoms with E-state index in [0.29, 0.717) is 24.4 Å². The first kappa shape index (κ1) is 20.6. The van der Waals surface area contributed by atoms with Crippen LogP contribution in [0.5, 0.6) is 0 Å². The number of aromatic nitrogens is 1. The number of carboxylic acids is 1. The summed E-state index contributed by atoms with van der Waals surface area (Å²) in [6, 6.07) is 16.0. The largest absolute Gasteiger partial charge is 0.481 e. The highest BCUT2D eigenvalue weighted by Gasteiger charge is 2.13. The van der Waals surface area contributed by atoms with Crippen LogP contribution in [0.25, 0.3) is 17.0 Å². The van der Waals surface area contributed by atoms with E-state index in [2.05, 4.69) is 26.0 Å². The van der Waals surface area contributed by atoms with Gasteiger partial charge in [0.15, 0.2) is 5.78 Å². The van der Waals surface area contributed by atoms with Crippen molar-refractivity contribution in [3.05, 3.63) is 77.5 Å². The molecule has 0 spiro atoms. The Hall–Kier alpha value is -3.14. The molecule has 1 N–H and O–H groups in total. The van der Waals surface area contributed by atoms with Gasteiger partial charge in [0.25, 0.3) is 0 Å².